The van der Waals surface area contributed by atoms with Gasteiger partial charge in [0.25, 0.3) is 0 Å². The Morgan fingerprint density at radius 1 is 1.00 bits per heavy atom. The highest BCUT2D eigenvalue weighted by Gasteiger charge is 2.35. The van der Waals surface area contributed by atoms with Crippen molar-refractivity contribution in [3.8, 4) is 11.3 Å². The SMILES string of the molecule is Cc1nc2c(F)cc(-c3nc(Nc4ccc(C5CC(N6CCNCC6)C5)cn4)ncc3F)cc2n1C(C)C. The zero-order valence-electron chi connectivity index (χ0n) is 21.9. The molecule has 10 heteroatoms. The summed E-state index contributed by atoms with van der Waals surface area (Å²) in [5.74, 6) is 0.844. The third-order valence-corrected chi connectivity index (χ3v) is 7.74. The molecular formula is C28H32F2N8. The van der Waals surface area contributed by atoms with Crippen molar-refractivity contribution in [3.05, 3.63) is 59.7 Å². The van der Waals surface area contributed by atoms with Crippen LogP contribution in [0.1, 0.15) is 50.0 Å². The molecule has 0 amide bonds. The molecule has 1 saturated carbocycles. The van der Waals surface area contributed by atoms with Crippen LogP contribution in [-0.2, 0) is 0 Å². The molecule has 1 aromatic carbocycles. The maximum atomic E-state index is 15.0. The highest BCUT2D eigenvalue weighted by Crippen LogP contribution is 2.40. The second-order valence-corrected chi connectivity index (χ2v) is 10.5. The van der Waals surface area contributed by atoms with Crippen molar-refractivity contribution in [3.63, 3.8) is 0 Å². The molecule has 3 aromatic heterocycles. The number of anilines is 2. The Morgan fingerprint density at radius 3 is 2.50 bits per heavy atom. The Kier molecular flexibility index (Phi) is 6.53. The van der Waals surface area contributed by atoms with Gasteiger partial charge in [0.15, 0.2) is 11.6 Å². The van der Waals surface area contributed by atoms with Gasteiger partial charge in [-0.1, -0.05) is 6.07 Å². The lowest BCUT2D eigenvalue weighted by molar-refractivity contribution is 0.0954. The van der Waals surface area contributed by atoms with Gasteiger partial charge in [-0.2, -0.15) is 0 Å². The van der Waals surface area contributed by atoms with Gasteiger partial charge in [0.1, 0.15) is 22.9 Å². The minimum Gasteiger partial charge on any atom is -0.326 e. The van der Waals surface area contributed by atoms with Crippen LogP contribution in [0.25, 0.3) is 22.3 Å². The third-order valence-electron chi connectivity index (χ3n) is 7.74. The number of halogens is 2. The van der Waals surface area contributed by atoms with E-state index >= 15 is 0 Å². The number of benzene rings is 1. The van der Waals surface area contributed by atoms with Gasteiger partial charge in [0.2, 0.25) is 5.95 Å². The van der Waals surface area contributed by atoms with Crippen LogP contribution in [0.5, 0.6) is 0 Å². The number of nitrogens with one attached hydrogen (secondary N) is 2. The van der Waals surface area contributed by atoms with Gasteiger partial charge in [-0.3, -0.25) is 4.90 Å². The Bertz CT molecular complexity index is 1450. The van der Waals surface area contributed by atoms with E-state index < -0.39 is 11.6 Å². The van der Waals surface area contributed by atoms with E-state index in [-0.39, 0.29) is 23.2 Å². The summed E-state index contributed by atoms with van der Waals surface area (Å²) in [6.45, 7) is 10.2. The van der Waals surface area contributed by atoms with Gasteiger partial charge in [0, 0.05) is 50.0 Å². The van der Waals surface area contributed by atoms with Crippen molar-refractivity contribution in [1.82, 2.24) is 34.7 Å². The largest absolute Gasteiger partial charge is 0.326 e. The van der Waals surface area contributed by atoms with Gasteiger partial charge >= 0.3 is 0 Å². The molecule has 0 unspecified atom stereocenters. The maximum absolute atomic E-state index is 15.0. The first kappa shape index (κ1) is 24.8. The molecule has 38 heavy (non-hydrogen) atoms. The molecule has 198 valence electrons. The fourth-order valence-electron chi connectivity index (χ4n) is 5.73. The van der Waals surface area contributed by atoms with Gasteiger partial charge in [-0.15, -0.1) is 0 Å². The Morgan fingerprint density at radius 2 is 1.79 bits per heavy atom. The van der Waals surface area contributed by atoms with E-state index in [0.717, 1.165) is 45.2 Å². The average molecular weight is 519 g/mol. The van der Waals surface area contributed by atoms with Crippen LogP contribution in [0.4, 0.5) is 20.5 Å². The van der Waals surface area contributed by atoms with E-state index in [0.29, 0.717) is 34.7 Å². The molecule has 0 radical (unpaired) electrons. The number of imidazole rings is 1. The molecule has 0 bridgehead atoms. The Hall–Kier alpha value is -3.50. The molecule has 8 nitrogen and oxygen atoms in total. The van der Waals surface area contributed by atoms with E-state index in [4.69, 9.17) is 0 Å². The summed E-state index contributed by atoms with van der Waals surface area (Å²) < 4.78 is 31.7. The van der Waals surface area contributed by atoms with Crippen molar-refractivity contribution in [2.45, 2.75) is 51.6 Å². The lowest BCUT2D eigenvalue weighted by Crippen LogP contribution is -2.52. The van der Waals surface area contributed by atoms with Crippen molar-refractivity contribution in [2.75, 3.05) is 31.5 Å². The van der Waals surface area contributed by atoms with E-state index in [1.54, 1.807) is 6.07 Å². The van der Waals surface area contributed by atoms with E-state index in [9.17, 15) is 8.78 Å². The van der Waals surface area contributed by atoms with Crippen molar-refractivity contribution in [2.24, 2.45) is 0 Å². The van der Waals surface area contributed by atoms with Crippen LogP contribution in [0.15, 0.2) is 36.7 Å². The van der Waals surface area contributed by atoms with Crippen LogP contribution in [0.3, 0.4) is 0 Å². The monoisotopic (exact) mass is 518 g/mol. The number of aromatic nitrogens is 5. The molecule has 1 saturated heterocycles. The lowest BCUT2D eigenvalue weighted by Gasteiger charge is -2.44. The lowest BCUT2D eigenvalue weighted by atomic mass is 9.75. The topological polar surface area (TPSA) is 83.8 Å². The molecule has 0 spiro atoms. The van der Waals surface area contributed by atoms with Crippen LogP contribution >= 0.6 is 0 Å². The van der Waals surface area contributed by atoms with E-state index in [2.05, 4.69) is 41.5 Å². The molecule has 2 fully saturated rings. The summed E-state index contributed by atoms with van der Waals surface area (Å²) in [7, 11) is 0. The number of piperazine rings is 1. The van der Waals surface area contributed by atoms with Crippen LogP contribution < -0.4 is 10.6 Å². The van der Waals surface area contributed by atoms with Crippen molar-refractivity contribution < 1.29 is 8.78 Å². The number of nitrogens with zero attached hydrogens (tertiary/aromatic N) is 6. The second kappa shape index (κ2) is 9.99. The first-order chi connectivity index (χ1) is 18.4. The number of fused-ring (bicyclic) bond motifs is 1. The number of pyridine rings is 1. The van der Waals surface area contributed by atoms with Gasteiger partial charge in [-0.05, 0) is 63.3 Å². The maximum Gasteiger partial charge on any atom is 0.229 e. The van der Waals surface area contributed by atoms with Gasteiger partial charge in [0.05, 0.1) is 11.7 Å². The quantitative estimate of drug-likeness (QED) is 0.374. The van der Waals surface area contributed by atoms with E-state index in [1.165, 1.54) is 11.6 Å². The number of hydrogen-bond acceptors (Lipinski definition) is 7. The van der Waals surface area contributed by atoms with Crippen LogP contribution in [-0.4, -0.2) is 61.6 Å². The predicted molar refractivity (Wildman–Crippen MR) is 144 cm³/mol. The molecule has 2 N–H and O–H groups in total. The smallest absolute Gasteiger partial charge is 0.229 e. The van der Waals surface area contributed by atoms with Gasteiger partial charge in [-0.25, -0.2) is 28.7 Å². The second-order valence-electron chi connectivity index (χ2n) is 10.5. The molecule has 0 atom stereocenters. The summed E-state index contributed by atoms with van der Waals surface area (Å²) in [6.07, 6.45) is 5.31. The molecule has 4 aromatic rings. The zero-order chi connectivity index (χ0) is 26.4. The molecule has 4 heterocycles. The summed E-state index contributed by atoms with van der Waals surface area (Å²) in [6, 6.07) is 7.72. The number of rotatable bonds is 6. The minimum absolute atomic E-state index is 0.0162. The minimum atomic E-state index is -0.631. The Balaban J connectivity index is 1.19. The van der Waals surface area contributed by atoms with Crippen molar-refractivity contribution in [1.29, 1.82) is 0 Å². The molecule has 1 aliphatic heterocycles. The molecule has 1 aliphatic carbocycles. The van der Waals surface area contributed by atoms with Crippen LogP contribution in [0.2, 0.25) is 0 Å². The third kappa shape index (κ3) is 4.63. The van der Waals surface area contributed by atoms with Crippen LogP contribution in [0, 0.1) is 18.6 Å². The number of hydrogen-bond donors (Lipinski definition) is 2. The highest BCUT2D eigenvalue weighted by atomic mass is 19.1. The van der Waals surface area contributed by atoms with Gasteiger partial charge < -0.3 is 15.2 Å². The first-order valence-corrected chi connectivity index (χ1v) is 13.3. The van der Waals surface area contributed by atoms with Crippen molar-refractivity contribution >= 4 is 22.8 Å². The number of aryl methyl sites for hydroxylation is 1. The zero-order valence-corrected chi connectivity index (χ0v) is 21.9. The average Bonchev–Trinajstić information content (AvgIpc) is 3.22. The molecule has 6 rings (SSSR count). The van der Waals surface area contributed by atoms with E-state index in [1.807, 2.05) is 37.6 Å². The standard InChI is InChI=1S/C28H32F2N8/c1-16(2)38-17(3)34-27-22(29)12-20(13-24(27)38)26-23(30)15-33-28(36-26)35-25-5-4-18(14-32-25)19-10-21(11-19)37-8-6-31-7-9-37/h4-5,12-16,19,21,31H,6-11H2,1-3H3,(H,32,33,35,36). The summed E-state index contributed by atoms with van der Waals surface area (Å²) in [5, 5.41) is 6.47. The fraction of sp³-hybridized carbons (Fsp3) is 0.429. The molecule has 2 aliphatic rings. The summed E-state index contributed by atoms with van der Waals surface area (Å²) in [5.41, 5.74) is 2.44. The first-order valence-electron chi connectivity index (χ1n) is 13.3. The Labute approximate surface area is 220 Å². The summed E-state index contributed by atoms with van der Waals surface area (Å²) >= 11 is 0. The summed E-state index contributed by atoms with van der Waals surface area (Å²) in [4.78, 5) is 19.9. The predicted octanol–water partition coefficient (Wildman–Crippen LogP) is 4.95. The normalized spacial score (nSPS) is 20.2. The fourth-order valence-corrected chi connectivity index (χ4v) is 5.73. The molecular weight excluding hydrogens is 486 g/mol. The highest BCUT2D eigenvalue weighted by molar-refractivity contribution is 5.83.